The van der Waals surface area contributed by atoms with Gasteiger partial charge in [-0.15, -0.1) is 6.58 Å². The minimum absolute atomic E-state index is 0.000778. The Balaban J connectivity index is 2.82. The zero-order valence-corrected chi connectivity index (χ0v) is 10.8. The van der Waals surface area contributed by atoms with Gasteiger partial charge in [-0.1, -0.05) is 18.2 Å². The van der Waals surface area contributed by atoms with E-state index < -0.39 is 5.97 Å². The first kappa shape index (κ1) is 14.3. The molecule has 0 saturated heterocycles. The van der Waals surface area contributed by atoms with Crippen molar-refractivity contribution in [2.75, 3.05) is 20.2 Å². The van der Waals surface area contributed by atoms with E-state index in [1.807, 2.05) is 36.1 Å². The molecule has 1 atom stereocenters. The van der Waals surface area contributed by atoms with E-state index in [-0.39, 0.29) is 12.6 Å². The quantitative estimate of drug-likeness (QED) is 0.753. The highest BCUT2D eigenvalue weighted by molar-refractivity contribution is 5.69. The van der Waals surface area contributed by atoms with Crippen LogP contribution in [-0.2, 0) is 4.79 Å². The number of rotatable bonds is 7. The summed E-state index contributed by atoms with van der Waals surface area (Å²) in [6.07, 6.45) is 1.71. The van der Waals surface area contributed by atoms with Gasteiger partial charge in [-0.25, -0.2) is 0 Å². The van der Waals surface area contributed by atoms with Crippen molar-refractivity contribution in [2.24, 2.45) is 0 Å². The summed E-state index contributed by atoms with van der Waals surface area (Å²) in [6, 6.07) is 7.66. The Labute approximate surface area is 107 Å². The molecule has 0 spiro atoms. The smallest absolute Gasteiger partial charge is 0.317 e. The van der Waals surface area contributed by atoms with Crippen LogP contribution in [0.5, 0.6) is 5.75 Å². The predicted octanol–water partition coefficient (Wildman–Crippen LogP) is 2.33. The van der Waals surface area contributed by atoms with Crippen molar-refractivity contribution >= 4 is 5.97 Å². The Morgan fingerprint density at radius 1 is 1.50 bits per heavy atom. The molecule has 0 aliphatic carbocycles. The number of hydrogen-bond donors (Lipinski definition) is 1. The van der Waals surface area contributed by atoms with Crippen molar-refractivity contribution in [3.05, 3.63) is 42.5 Å². The number of carboxylic acid groups (broad SMARTS) is 1. The predicted molar refractivity (Wildman–Crippen MR) is 70.8 cm³/mol. The van der Waals surface area contributed by atoms with E-state index in [2.05, 4.69) is 6.58 Å². The minimum atomic E-state index is -0.836. The molecule has 1 aromatic carbocycles. The summed E-state index contributed by atoms with van der Waals surface area (Å²) >= 11 is 0. The van der Waals surface area contributed by atoms with E-state index in [1.54, 1.807) is 13.2 Å². The zero-order chi connectivity index (χ0) is 13.5. The second kappa shape index (κ2) is 6.81. The highest BCUT2D eigenvalue weighted by Gasteiger charge is 2.17. The molecular formula is C14H19NO3. The molecule has 4 heteroatoms. The number of hydrogen-bond acceptors (Lipinski definition) is 3. The van der Waals surface area contributed by atoms with Crippen molar-refractivity contribution in [1.82, 2.24) is 4.90 Å². The molecule has 0 aliphatic heterocycles. The summed E-state index contributed by atoms with van der Waals surface area (Å²) < 4.78 is 5.10. The van der Waals surface area contributed by atoms with E-state index in [4.69, 9.17) is 9.84 Å². The van der Waals surface area contributed by atoms with Crippen LogP contribution in [0.4, 0.5) is 0 Å². The van der Waals surface area contributed by atoms with Crippen molar-refractivity contribution in [2.45, 2.75) is 13.0 Å². The Morgan fingerprint density at radius 2 is 2.11 bits per heavy atom. The standard InChI is InChI=1S/C14H19NO3/c1-4-9-15(10-14(16)17)11(2)12-5-7-13(18-3)8-6-12/h4-8,11H,1,9-10H2,2-3H3,(H,16,17). The Bertz CT molecular complexity index is 400. The van der Waals surface area contributed by atoms with E-state index in [9.17, 15) is 4.79 Å². The fourth-order valence-electron chi connectivity index (χ4n) is 1.79. The maximum absolute atomic E-state index is 10.8. The second-order valence-corrected chi connectivity index (χ2v) is 4.06. The molecule has 0 aliphatic rings. The first-order valence-corrected chi connectivity index (χ1v) is 5.79. The lowest BCUT2D eigenvalue weighted by atomic mass is 10.1. The molecule has 0 heterocycles. The summed E-state index contributed by atoms with van der Waals surface area (Å²) in [5.74, 6) is -0.0448. The molecule has 1 unspecified atom stereocenters. The van der Waals surface area contributed by atoms with Gasteiger partial charge in [-0.2, -0.15) is 0 Å². The van der Waals surface area contributed by atoms with Gasteiger partial charge in [0.1, 0.15) is 5.75 Å². The van der Waals surface area contributed by atoms with Crippen molar-refractivity contribution in [1.29, 1.82) is 0 Å². The largest absolute Gasteiger partial charge is 0.497 e. The third-order valence-corrected chi connectivity index (χ3v) is 2.85. The number of methoxy groups -OCH3 is 1. The van der Waals surface area contributed by atoms with Crippen molar-refractivity contribution in [3.63, 3.8) is 0 Å². The summed E-state index contributed by atoms with van der Waals surface area (Å²) in [5, 5.41) is 8.89. The van der Waals surface area contributed by atoms with Gasteiger partial charge < -0.3 is 9.84 Å². The fourth-order valence-corrected chi connectivity index (χ4v) is 1.79. The van der Waals surface area contributed by atoms with Crippen LogP contribution in [0.2, 0.25) is 0 Å². The number of nitrogens with zero attached hydrogens (tertiary/aromatic N) is 1. The van der Waals surface area contributed by atoms with E-state index in [1.165, 1.54) is 0 Å². The van der Waals surface area contributed by atoms with Gasteiger partial charge in [-0.3, -0.25) is 9.69 Å². The minimum Gasteiger partial charge on any atom is -0.497 e. The summed E-state index contributed by atoms with van der Waals surface area (Å²) in [4.78, 5) is 12.7. The molecule has 98 valence electrons. The van der Waals surface area contributed by atoms with Gasteiger partial charge in [0, 0.05) is 12.6 Å². The number of ether oxygens (including phenoxy) is 1. The molecule has 0 aromatic heterocycles. The van der Waals surface area contributed by atoms with Crippen molar-refractivity contribution in [3.8, 4) is 5.75 Å². The highest BCUT2D eigenvalue weighted by Crippen LogP contribution is 2.22. The number of carbonyl (C=O) groups is 1. The van der Waals surface area contributed by atoms with Crippen LogP contribution in [0, 0.1) is 0 Å². The van der Waals surface area contributed by atoms with E-state index in [0.29, 0.717) is 6.54 Å². The molecule has 1 aromatic rings. The van der Waals surface area contributed by atoms with Crippen LogP contribution >= 0.6 is 0 Å². The van der Waals surface area contributed by atoms with Crippen LogP contribution in [0.1, 0.15) is 18.5 Å². The molecule has 4 nitrogen and oxygen atoms in total. The van der Waals surface area contributed by atoms with Crippen LogP contribution < -0.4 is 4.74 Å². The van der Waals surface area contributed by atoms with Crippen molar-refractivity contribution < 1.29 is 14.6 Å². The summed E-state index contributed by atoms with van der Waals surface area (Å²) in [5.41, 5.74) is 1.05. The van der Waals surface area contributed by atoms with Gasteiger partial charge in [0.2, 0.25) is 0 Å². The van der Waals surface area contributed by atoms with E-state index >= 15 is 0 Å². The third kappa shape index (κ3) is 3.89. The molecule has 0 fully saturated rings. The SMILES string of the molecule is C=CCN(CC(=O)O)C(C)c1ccc(OC)cc1. The Hall–Kier alpha value is -1.81. The zero-order valence-electron chi connectivity index (χ0n) is 10.8. The Kier molecular flexibility index (Phi) is 5.39. The lowest BCUT2D eigenvalue weighted by Crippen LogP contribution is -2.32. The normalized spacial score (nSPS) is 12.2. The molecule has 1 rings (SSSR count). The van der Waals surface area contributed by atoms with Gasteiger partial charge in [0.25, 0.3) is 0 Å². The van der Waals surface area contributed by atoms with Gasteiger partial charge in [-0.05, 0) is 24.6 Å². The second-order valence-electron chi connectivity index (χ2n) is 4.06. The summed E-state index contributed by atoms with van der Waals surface area (Å²) in [6.45, 7) is 6.18. The fraction of sp³-hybridized carbons (Fsp3) is 0.357. The molecule has 0 saturated carbocycles. The lowest BCUT2D eigenvalue weighted by Gasteiger charge is -2.26. The monoisotopic (exact) mass is 249 g/mol. The van der Waals surface area contributed by atoms with Crippen LogP contribution in [0.3, 0.4) is 0 Å². The highest BCUT2D eigenvalue weighted by atomic mass is 16.5. The first-order valence-electron chi connectivity index (χ1n) is 5.79. The lowest BCUT2D eigenvalue weighted by molar-refractivity contribution is -0.138. The average Bonchev–Trinajstić information content (AvgIpc) is 2.37. The molecule has 0 amide bonds. The molecule has 0 radical (unpaired) electrons. The molecule has 1 N–H and O–H groups in total. The topological polar surface area (TPSA) is 49.8 Å². The number of carboxylic acids is 1. The summed E-state index contributed by atoms with van der Waals surface area (Å²) in [7, 11) is 1.62. The van der Waals surface area contributed by atoms with Gasteiger partial charge in [0.15, 0.2) is 0 Å². The number of aliphatic carboxylic acids is 1. The molecular weight excluding hydrogens is 230 g/mol. The van der Waals surface area contributed by atoms with Crippen LogP contribution in [0.15, 0.2) is 36.9 Å². The van der Waals surface area contributed by atoms with Crippen LogP contribution in [-0.4, -0.2) is 36.2 Å². The van der Waals surface area contributed by atoms with E-state index in [0.717, 1.165) is 11.3 Å². The maximum Gasteiger partial charge on any atom is 0.317 e. The van der Waals surface area contributed by atoms with Gasteiger partial charge >= 0.3 is 5.97 Å². The number of benzene rings is 1. The maximum atomic E-state index is 10.8. The Morgan fingerprint density at radius 3 is 2.56 bits per heavy atom. The van der Waals surface area contributed by atoms with Gasteiger partial charge in [0.05, 0.1) is 13.7 Å². The third-order valence-electron chi connectivity index (χ3n) is 2.85. The molecule has 0 bridgehead atoms. The average molecular weight is 249 g/mol. The first-order chi connectivity index (χ1) is 8.58. The molecule has 18 heavy (non-hydrogen) atoms. The van der Waals surface area contributed by atoms with Crippen LogP contribution in [0.25, 0.3) is 0 Å².